The summed E-state index contributed by atoms with van der Waals surface area (Å²) in [5.74, 6) is 0. The van der Waals surface area contributed by atoms with Crippen LogP contribution in [0.3, 0.4) is 0 Å². The SMILES string of the molecule is C[CH2][Ge]([CH2]C)([CH2]C)[O]CCC(C)(C)CCO[Si](C)(C)C. The molecule has 0 aromatic rings. The molecule has 0 bridgehead atoms. The van der Waals surface area contributed by atoms with Crippen molar-refractivity contribution >= 4 is 21.9 Å². The van der Waals surface area contributed by atoms with Gasteiger partial charge in [0.1, 0.15) is 0 Å². The molecular weight excluding hydrogens is 325 g/mol. The molecule has 0 aliphatic carbocycles. The van der Waals surface area contributed by atoms with Crippen molar-refractivity contribution in [3.8, 4) is 0 Å². The Hall–Kier alpha value is 0.680. The van der Waals surface area contributed by atoms with E-state index in [1.165, 1.54) is 15.8 Å². The third-order valence-electron chi connectivity index (χ3n) is 4.43. The minimum absolute atomic E-state index is 0.336. The predicted octanol–water partition coefficient (Wildman–Crippen LogP) is 5.67. The molecule has 0 heterocycles. The maximum atomic E-state index is 6.42. The monoisotopic (exact) mass is 364 g/mol. The minimum atomic E-state index is -1.93. The Labute approximate surface area is 131 Å². The van der Waals surface area contributed by atoms with Crippen molar-refractivity contribution in [2.24, 2.45) is 5.41 Å². The van der Waals surface area contributed by atoms with Gasteiger partial charge in [0.2, 0.25) is 0 Å². The molecule has 4 heteroatoms. The van der Waals surface area contributed by atoms with E-state index in [9.17, 15) is 0 Å². The molecule has 0 aromatic heterocycles. The molecule has 0 aromatic carbocycles. The summed E-state index contributed by atoms with van der Waals surface area (Å²) in [6, 6.07) is 0. The second-order valence-corrected chi connectivity index (χ2v) is 22.3. The van der Waals surface area contributed by atoms with Crippen molar-refractivity contribution in [2.75, 3.05) is 13.2 Å². The molecule has 0 aliphatic rings. The van der Waals surface area contributed by atoms with Gasteiger partial charge in [-0.1, -0.05) is 0 Å². The number of hydrogen-bond donors (Lipinski definition) is 0. The first-order chi connectivity index (χ1) is 9.10. The molecule has 0 N–H and O–H groups in total. The molecule has 122 valence electrons. The fraction of sp³-hybridized carbons (Fsp3) is 1.00. The number of hydrogen-bond acceptors (Lipinski definition) is 2. The fourth-order valence-corrected chi connectivity index (χ4v) is 8.63. The van der Waals surface area contributed by atoms with Crippen LogP contribution in [0, 0.1) is 5.41 Å². The summed E-state index contributed by atoms with van der Waals surface area (Å²) in [5, 5.41) is 3.89. The van der Waals surface area contributed by atoms with Gasteiger partial charge in [-0.15, -0.1) is 0 Å². The summed E-state index contributed by atoms with van der Waals surface area (Å²) in [6.45, 7) is 20.3. The summed E-state index contributed by atoms with van der Waals surface area (Å²) in [4.78, 5) is 0. The summed E-state index contributed by atoms with van der Waals surface area (Å²) in [6.07, 6.45) is 2.31. The average molecular weight is 363 g/mol. The zero-order chi connectivity index (χ0) is 15.9. The van der Waals surface area contributed by atoms with Crippen LogP contribution in [0.4, 0.5) is 0 Å². The first kappa shape index (κ1) is 20.7. The molecule has 0 fully saturated rings. The van der Waals surface area contributed by atoms with Crippen molar-refractivity contribution in [3.63, 3.8) is 0 Å². The standard InChI is InChI=1S/C16H38GeO2Si/c1-9-17(10-2,11-3)18-14-12-16(4,5)13-15-19-20(6,7)8/h9-15H2,1-8H3. The molecule has 2 nitrogen and oxygen atoms in total. The van der Waals surface area contributed by atoms with Crippen LogP contribution in [0.1, 0.15) is 47.5 Å². The second-order valence-electron chi connectivity index (χ2n) is 7.72. The van der Waals surface area contributed by atoms with E-state index in [2.05, 4.69) is 54.3 Å². The van der Waals surface area contributed by atoms with Crippen molar-refractivity contribution in [2.45, 2.75) is 82.9 Å². The van der Waals surface area contributed by atoms with E-state index in [1.54, 1.807) is 0 Å². The van der Waals surface area contributed by atoms with E-state index < -0.39 is 21.9 Å². The summed E-state index contributed by atoms with van der Waals surface area (Å²) >= 11 is -1.93. The molecule has 0 unspecified atom stereocenters. The summed E-state index contributed by atoms with van der Waals surface area (Å²) in [5.41, 5.74) is 0.336. The van der Waals surface area contributed by atoms with Crippen LogP contribution in [0.5, 0.6) is 0 Å². The van der Waals surface area contributed by atoms with E-state index in [-0.39, 0.29) is 0 Å². The Morgan fingerprint density at radius 3 is 1.70 bits per heavy atom. The van der Waals surface area contributed by atoms with E-state index in [4.69, 9.17) is 8.19 Å². The van der Waals surface area contributed by atoms with Crippen LogP contribution in [0.25, 0.3) is 0 Å². The van der Waals surface area contributed by atoms with Crippen LogP contribution in [0.15, 0.2) is 0 Å². The van der Waals surface area contributed by atoms with Gasteiger partial charge in [0, 0.05) is 0 Å². The van der Waals surface area contributed by atoms with Crippen LogP contribution in [-0.4, -0.2) is 35.1 Å². The van der Waals surface area contributed by atoms with Gasteiger partial charge in [-0.2, -0.15) is 0 Å². The number of rotatable bonds is 11. The van der Waals surface area contributed by atoms with Crippen LogP contribution >= 0.6 is 0 Å². The van der Waals surface area contributed by atoms with Crippen molar-refractivity contribution in [3.05, 3.63) is 0 Å². The molecule has 0 radical (unpaired) electrons. The average Bonchev–Trinajstić information content (AvgIpc) is 2.33. The van der Waals surface area contributed by atoms with Crippen molar-refractivity contribution < 1.29 is 8.19 Å². The molecule has 0 atom stereocenters. The Morgan fingerprint density at radius 2 is 1.30 bits per heavy atom. The van der Waals surface area contributed by atoms with Gasteiger partial charge in [0.25, 0.3) is 0 Å². The Bertz CT molecular complexity index is 249. The van der Waals surface area contributed by atoms with Gasteiger partial charge in [0.15, 0.2) is 0 Å². The van der Waals surface area contributed by atoms with Crippen LogP contribution in [-0.2, 0) is 8.19 Å². The normalized spacial score (nSPS) is 13.8. The third-order valence-corrected chi connectivity index (χ3v) is 15.3. The summed E-state index contributed by atoms with van der Waals surface area (Å²) < 4.78 is 12.4. The molecular formula is C16H38GeO2Si. The van der Waals surface area contributed by atoms with Crippen molar-refractivity contribution in [1.29, 1.82) is 0 Å². The third kappa shape index (κ3) is 8.85. The zero-order valence-corrected chi connectivity index (χ0v) is 18.4. The van der Waals surface area contributed by atoms with Gasteiger partial charge in [0.05, 0.1) is 0 Å². The van der Waals surface area contributed by atoms with E-state index in [1.807, 2.05) is 0 Å². The van der Waals surface area contributed by atoms with Gasteiger partial charge >= 0.3 is 132 Å². The molecule has 0 saturated carbocycles. The molecule has 20 heavy (non-hydrogen) atoms. The fourth-order valence-electron chi connectivity index (χ4n) is 2.36. The van der Waals surface area contributed by atoms with Gasteiger partial charge in [-0.3, -0.25) is 0 Å². The zero-order valence-electron chi connectivity index (χ0n) is 15.3. The van der Waals surface area contributed by atoms with Gasteiger partial charge < -0.3 is 0 Å². The Morgan fingerprint density at radius 1 is 0.850 bits per heavy atom. The second kappa shape index (κ2) is 8.96. The maximum absolute atomic E-state index is 6.42. The first-order valence-corrected chi connectivity index (χ1v) is 17.1. The topological polar surface area (TPSA) is 18.5 Å². The predicted molar refractivity (Wildman–Crippen MR) is 95.5 cm³/mol. The molecule has 0 saturated heterocycles. The first-order valence-electron chi connectivity index (χ1n) is 8.37. The van der Waals surface area contributed by atoms with Crippen LogP contribution < -0.4 is 0 Å². The van der Waals surface area contributed by atoms with E-state index >= 15 is 0 Å². The van der Waals surface area contributed by atoms with E-state index in [0.29, 0.717) is 5.41 Å². The Balaban J connectivity index is 4.09. The van der Waals surface area contributed by atoms with Gasteiger partial charge in [-0.25, -0.2) is 0 Å². The van der Waals surface area contributed by atoms with E-state index in [0.717, 1.165) is 26.1 Å². The van der Waals surface area contributed by atoms with Crippen molar-refractivity contribution in [1.82, 2.24) is 0 Å². The molecule has 0 rings (SSSR count). The molecule has 0 spiro atoms. The molecule has 0 aliphatic heterocycles. The summed E-state index contributed by atoms with van der Waals surface area (Å²) in [7, 11) is -1.36. The quantitative estimate of drug-likeness (QED) is 0.441. The Kier molecular flexibility index (Phi) is 9.27. The van der Waals surface area contributed by atoms with Gasteiger partial charge in [-0.05, 0) is 0 Å². The molecule has 0 amide bonds. The van der Waals surface area contributed by atoms with Crippen LogP contribution in [0.2, 0.25) is 35.4 Å².